The van der Waals surface area contributed by atoms with E-state index < -0.39 is 0 Å². The van der Waals surface area contributed by atoms with Gasteiger partial charge in [-0.05, 0) is 31.5 Å². The summed E-state index contributed by atoms with van der Waals surface area (Å²) in [5, 5.41) is 3.41. The summed E-state index contributed by atoms with van der Waals surface area (Å²) in [6, 6.07) is 5.37. The molecule has 0 spiro atoms. The van der Waals surface area contributed by atoms with E-state index in [2.05, 4.69) is 22.0 Å². The van der Waals surface area contributed by atoms with E-state index >= 15 is 0 Å². The highest BCUT2D eigenvalue weighted by Crippen LogP contribution is 2.25. The monoisotopic (exact) mass is 350 g/mol. The predicted molar refractivity (Wildman–Crippen MR) is 94.5 cm³/mol. The molecule has 0 aromatic heterocycles. The number of anilines is 1. The zero-order valence-electron chi connectivity index (χ0n) is 14.1. The van der Waals surface area contributed by atoms with Crippen LogP contribution in [-0.2, 0) is 4.79 Å². The number of aryl methyl sites for hydroxylation is 1. The Kier molecular flexibility index (Phi) is 4.96. The van der Waals surface area contributed by atoms with Gasteiger partial charge in [0.1, 0.15) is 0 Å². The molecule has 1 N–H and O–H groups in total. The first kappa shape index (κ1) is 17.0. The van der Waals surface area contributed by atoms with E-state index in [1.54, 1.807) is 0 Å². The molecule has 2 aliphatic heterocycles. The van der Waals surface area contributed by atoms with Crippen LogP contribution in [0.2, 0.25) is 5.02 Å². The maximum atomic E-state index is 12.5. The van der Waals surface area contributed by atoms with Gasteiger partial charge in [-0.2, -0.15) is 0 Å². The minimum atomic E-state index is -0.281. The van der Waals surface area contributed by atoms with Gasteiger partial charge in [0, 0.05) is 50.0 Å². The Morgan fingerprint density at radius 3 is 2.54 bits per heavy atom. The van der Waals surface area contributed by atoms with Crippen molar-refractivity contribution in [1.29, 1.82) is 0 Å². The van der Waals surface area contributed by atoms with Crippen LogP contribution in [0.3, 0.4) is 0 Å². The molecule has 1 aromatic rings. The number of urea groups is 1. The van der Waals surface area contributed by atoms with Crippen molar-refractivity contribution >= 4 is 29.2 Å². The predicted octanol–water partition coefficient (Wildman–Crippen LogP) is 1.71. The highest BCUT2D eigenvalue weighted by molar-refractivity contribution is 6.30. The summed E-state index contributed by atoms with van der Waals surface area (Å²) in [6.45, 7) is 8.21. The van der Waals surface area contributed by atoms with Gasteiger partial charge in [-0.1, -0.05) is 17.7 Å². The topological polar surface area (TPSA) is 55.9 Å². The summed E-state index contributed by atoms with van der Waals surface area (Å²) in [6.07, 6.45) is 0. The van der Waals surface area contributed by atoms with Gasteiger partial charge in [0.05, 0.1) is 6.04 Å². The molecular formula is C17H23ClN4O2. The Morgan fingerprint density at radius 1 is 1.21 bits per heavy atom. The fourth-order valence-electron chi connectivity index (χ4n) is 3.34. The average Bonchev–Trinajstić information content (AvgIpc) is 3.02. The average molecular weight is 351 g/mol. The quantitative estimate of drug-likeness (QED) is 0.901. The van der Waals surface area contributed by atoms with Crippen LogP contribution in [0.4, 0.5) is 10.5 Å². The molecule has 0 radical (unpaired) electrons. The van der Waals surface area contributed by atoms with Gasteiger partial charge < -0.3 is 10.2 Å². The Hall–Kier alpha value is -1.79. The second-order valence-electron chi connectivity index (χ2n) is 6.35. The number of nitrogens with one attached hydrogen (secondary N) is 1. The molecule has 1 aromatic carbocycles. The SMILES string of the molecule is Cc1ccc(Cl)cc1N1CCN([C@H](C)C(=O)N2CCNC2=O)CC1. The lowest BCUT2D eigenvalue weighted by atomic mass is 10.1. The lowest BCUT2D eigenvalue weighted by Gasteiger charge is -2.39. The maximum absolute atomic E-state index is 12.5. The van der Waals surface area contributed by atoms with Crippen molar-refractivity contribution in [3.8, 4) is 0 Å². The Balaban J connectivity index is 1.61. The molecule has 0 aliphatic carbocycles. The van der Waals surface area contributed by atoms with E-state index in [4.69, 9.17) is 11.6 Å². The number of hydrogen-bond acceptors (Lipinski definition) is 4. The Labute approximate surface area is 147 Å². The zero-order valence-corrected chi connectivity index (χ0v) is 14.8. The number of halogens is 1. The molecule has 0 saturated carbocycles. The van der Waals surface area contributed by atoms with Crippen LogP contribution in [0.15, 0.2) is 18.2 Å². The van der Waals surface area contributed by atoms with Crippen molar-refractivity contribution in [3.63, 3.8) is 0 Å². The first-order chi connectivity index (χ1) is 11.5. The molecule has 0 unspecified atom stereocenters. The molecule has 7 heteroatoms. The summed E-state index contributed by atoms with van der Waals surface area (Å²) in [4.78, 5) is 29.9. The maximum Gasteiger partial charge on any atom is 0.324 e. The number of carbonyl (C=O) groups is 2. The van der Waals surface area contributed by atoms with Gasteiger partial charge in [-0.25, -0.2) is 4.79 Å². The van der Waals surface area contributed by atoms with Crippen molar-refractivity contribution in [3.05, 3.63) is 28.8 Å². The van der Waals surface area contributed by atoms with Crippen LogP contribution in [0, 0.1) is 6.92 Å². The number of rotatable bonds is 3. The largest absolute Gasteiger partial charge is 0.369 e. The van der Waals surface area contributed by atoms with E-state index in [9.17, 15) is 9.59 Å². The number of hydrogen-bond donors (Lipinski definition) is 1. The third-order valence-electron chi connectivity index (χ3n) is 4.85. The van der Waals surface area contributed by atoms with Gasteiger partial charge >= 0.3 is 6.03 Å². The zero-order chi connectivity index (χ0) is 17.3. The van der Waals surface area contributed by atoms with E-state index in [1.807, 2.05) is 25.1 Å². The van der Waals surface area contributed by atoms with E-state index in [-0.39, 0.29) is 18.0 Å². The number of nitrogens with zero attached hydrogens (tertiary/aromatic N) is 3. The molecule has 6 nitrogen and oxygen atoms in total. The highest BCUT2D eigenvalue weighted by atomic mass is 35.5. The van der Waals surface area contributed by atoms with Crippen molar-refractivity contribution in [2.75, 3.05) is 44.2 Å². The van der Waals surface area contributed by atoms with Crippen molar-refractivity contribution < 1.29 is 9.59 Å². The number of amides is 3. The molecular weight excluding hydrogens is 328 g/mol. The van der Waals surface area contributed by atoms with Gasteiger partial charge in [-0.15, -0.1) is 0 Å². The van der Waals surface area contributed by atoms with E-state index in [0.717, 1.165) is 36.9 Å². The first-order valence-electron chi connectivity index (χ1n) is 8.32. The second-order valence-corrected chi connectivity index (χ2v) is 6.79. The van der Waals surface area contributed by atoms with Crippen LogP contribution in [0.25, 0.3) is 0 Å². The second kappa shape index (κ2) is 6.99. The van der Waals surface area contributed by atoms with Gasteiger partial charge in [0.25, 0.3) is 0 Å². The van der Waals surface area contributed by atoms with Crippen molar-refractivity contribution in [1.82, 2.24) is 15.1 Å². The number of benzene rings is 1. The van der Waals surface area contributed by atoms with Crippen LogP contribution in [0.5, 0.6) is 0 Å². The summed E-state index contributed by atoms with van der Waals surface area (Å²) < 4.78 is 0. The van der Waals surface area contributed by atoms with Gasteiger partial charge in [0.2, 0.25) is 5.91 Å². The number of imide groups is 1. The fourth-order valence-corrected chi connectivity index (χ4v) is 3.50. The molecule has 3 rings (SSSR count). The minimum Gasteiger partial charge on any atom is -0.369 e. The lowest BCUT2D eigenvalue weighted by molar-refractivity contribution is -0.132. The summed E-state index contributed by atoms with van der Waals surface area (Å²) in [7, 11) is 0. The number of carbonyl (C=O) groups excluding carboxylic acids is 2. The van der Waals surface area contributed by atoms with Crippen LogP contribution >= 0.6 is 11.6 Å². The van der Waals surface area contributed by atoms with Gasteiger partial charge in [-0.3, -0.25) is 14.6 Å². The van der Waals surface area contributed by atoms with Crippen molar-refractivity contribution in [2.24, 2.45) is 0 Å². The third kappa shape index (κ3) is 3.35. The minimum absolute atomic E-state index is 0.114. The molecule has 1 atom stereocenters. The molecule has 3 amide bonds. The van der Waals surface area contributed by atoms with Crippen LogP contribution < -0.4 is 10.2 Å². The van der Waals surface area contributed by atoms with E-state index in [1.165, 1.54) is 10.5 Å². The smallest absolute Gasteiger partial charge is 0.324 e. The van der Waals surface area contributed by atoms with Gasteiger partial charge in [0.15, 0.2) is 0 Å². The molecule has 2 aliphatic rings. The molecule has 24 heavy (non-hydrogen) atoms. The summed E-state index contributed by atoms with van der Waals surface area (Å²) in [5.41, 5.74) is 2.35. The fraction of sp³-hybridized carbons (Fsp3) is 0.529. The lowest BCUT2D eigenvalue weighted by Crippen LogP contribution is -2.55. The molecule has 2 fully saturated rings. The van der Waals surface area contributed by atoms with Crippen LogP contribution in [0.1, 0.15) is 12.5 Å². The first-order valence-corrected chi connectivity index (χ1v) is 8.69. The Bertz CT molecular complexity index is 643. The summed E-state index contributed by atoms with van der Waals surface area (Å²) in [5.74, 6) is -0.114. The third-order valence-corrected chi connectivity index (χ3v) is 5.09. The normalized spacial score (nSPS) is 20.2. The van der Waals surface area contributed by atoms with Crippen LogP contribution in [-0.4, -0.2) is 67.0 Å². The molecule has 130 valence electrons. The Morgan fingerprint density at radius 2 is 1.92 bits per heavy atom. The van der Waals surface area contributed by atoms with E-state index in [0.29, 0.717) is 13.1 Å². The molecule has 0 bridgehead atoms. The highest BCUT2D eigenvalue weighted by Gasteiger charge is 2.33. The molecule has 2 saturated heterocycles. The van der Waals surface area contributed by atoms with Crippen molar-refractivity contribution in [2.45, 2.75) is 19.9 Å². The summed E-state index contributed by atoms with van der Waals surface area (Å²) >= 11 is 6.12. The standard InChI is InChI=1S/C17H23ClN4O2/c1-12-3-4-14(18)11-15(12)21-9-7-20(8-10-21)13(2)16(23)22-6-5-19-17(22)24/h3-4,11,13H,5-10H2,1-2H3,(H,19,24)/t13-/m1/s1. The molecule has 2 heterocycles. The number of piperazine rings is 1.